The Kier molecular flexibility index (Phi) is 4.58. The van der Waals surface area contributed by atoms with Gasteiger partial charge < -0.3 is 4.74 Å². The van der Waals surface area contributed by atoms with Crippen LogP contribution in [0.3, 0.4) is 0 Å². The molecule has 0 N–H and O–H groups in total. The van der Waals surface area contributed by atoms with Gasteiger partial charge in [-0.15, -0.1) is 0 Å². The van der Waals surface area contributed by atoms with E-state index in [9.17, 15) is 5.26 Å². The van der Waals surface area contributed by atoms with Crippen molar-refractivity contribution in [3.8, 4) is 6.07 Å². The van der Waals surface area contributed by atoms with E-state index in [1.54, 1.807) is 0 Å². The lowest BCUT2D eigenvalue weighted by atomic mass is 9.58. The Balaban J connectivity index is 1.36. The molecule has 4 nitrogen and oxygen atoms in total. The number of hydrogen-bond acceptors (Lipinski definition) is 4. The second kappa shape index (κ2) is 6.84. The van der Waals surface area contributed by atoms with Crippen LogP contribution in [0.5, 0.6) is 0 Å². The van der Waals surface area contributed by atoms with Gasteiger partial charge in [0.15, 0.2) is 0 Å². The standard InChI is InChI=1S/C20H27N3O/c21-15-17-3-1-2-4-18(17)16-22-9-7-20(8-10-22)6-5-19(20)23-11-13-24-14-12-23/h1-4,19H,5-14,16H2. The molecule has 3 aliphatic rings. The smallest absolute Gasteiger partial charge is 0.0995 e. The molecule has 0 aromatic heterocycles. The quantitative estimate of drug-likeness (QED) is 0.856. The molecule has 4 rings (SSSR count). The number of rotatable bonds is 3. The van der Waals surface area contributed by atoms with Crippen molar-refractivity contribution in [2.75, 3.05) is 39.4 Å². The van der Waals surface area contributed by atoms with Gasteiger partial charge in [0.1, 0.15) is 0 Å². The Bertz CT molecular complexity index is 610. The highest BCUT2D eigenvalue weighted by molar-refractivity contribution is 5.37. The van der Waals surface area contributed by atoms with Crippen molar-refractivity contribution in [1.82, 2.24) is 9.80 Å². The van der Waals surface area contributed by atoms with E-state index in [0.717, 1.165) is 44.5 Å². The molecular formula is C20H27N3O. The first-order valence-electron chi connectivity index (χ1n) is 9.33. The minimum atomic E-state index is 0.558. The first-order valence-corrected chi connectivity index (χ1v) is 9.33. The van der Waals surface area contributed by atoms with Gasteiger partial charge in [0.2, 0.25) is 0 Å². The summed E-state index contributed by atoms with van der Waals surface area (Å²) in [6, 6.07) is 11.1. The van der Waals surface area contributed by atoms with Crippen molar-refractivity contribution >= 4 is 0 Å². The van der Waals surface area contributed by atoms with Gasteiger partial charge in [-0.3, -0.25) is 9.80 Å². The Morgan fingerprint density at radius 1 is 1.08 bits per heavy atom. The van der Waals surface area contributed by atoms with Gasteiger partial charge in [0.25, 0.3) is 0 Å². The van der Waals surface area contributed by atoms with E-state index in [0.29, 0.717) is 5.41 Å². The summed E-state index contributed by atoms with van der Waals surface area (Å²) in [6.45, 7) is 7.30. The van der Waals surface area contributed by atoms with Crippen molar-refractivity contribution in [3.05, 3.63) is 35.4 Å². The topological polar surface area (TPSA) is 39.5 Å². The normalized spacial score (nSPS) is 27.5. The monoisotopic (exact) mass is 325 g/mol. The predicted octanol–water partition coefficient (Wildman–Crippen LogP) is 2.64. The molecule has 24 heavy (non-hydrogen) atoms. The van der Waals surface area contributed by atoms with Gasteiger partial charge in [-0.2, -0.15) is 5.26 Å². The highest BCUT2D eigenvalue weighted by Crippen LogP contribution is 2.51. The zero-order valence-electron chi connectivity index (χ0n) is 14.4. The fourth-order valence-electron chi connectivity index (χ4n) is 4.89. The zero-order chi connectivity index (χ0) is 16.4. The van der Waals surface area contributed by atoms with Crippen LogP contribution in [0.2, 0.25) is 0 Å². The van der Waals surface area contributed by atoms with Crippen LogP contribution in [0.15, 0.2) is 24.3 Å². The third-order valence-electron chi connectivity index (χ3n) is 6.49. The van der Waals surface area contributed by atoms with Crippen molar-refractivity contribution in [3.63, 3.8) is 0 Å². The largest absolute Gasteiger partial charge is 0.379 e. The molecule has 1 saturated carbocycles. The molecule has 4 heteroatoms. The van der Waals surface area contributed by atoms with Crippen LogP contribution >= 0.6 is 0 Å². The highest BCUT2D eigenvalue weighted by Gasteiger charge is 2.50. The summed E-state index contributed by atoms with van der Waals surface area (Å²) in [5.41, 5.74) is 2.56. The van der Waals surface area contributed by atoms with Crippen molar-refractivity contribution in [2.45, 2.75) is 38.3 Å². The lowest BCUT2D eigenvalue weighted by Gasteiger charge is -2.58. The Morgan fingerprint density at radius 2 is 1.83 bits per heavy atom. The molecule has 1 unspecified atom stereocenters. The second-order valence-electron chi connectivity index (χ2n) is 7.61. The summed E-state index contributed by atoms with van der Waals surface area (Å²) in [6.07, 6.45) is 5.39. The average Bonchev–Trinajstić information content (AvgIpc) is 2.63. The summed E-state index contributed by atoms with van der Waals surface area (Å²) < 4.78 is 5.52. The fourth-order valence-corrected chi connectivity index (χ4v) is 4.89. The average molecular weight is 325 g/mol. The van der Waals surface area contributed by atoms with Crippen molar-refractivity contribution in [1.29, 1.82) is 5.26 Å². The number of morpholine rings is 1. The molecule has 0 amide bonds. The maximum atomic E-state index is 9.27. The molecule has 3 fully saturated rings. The second-order valence-corrected chi connectivity index (χ2v) is 7.61. The lowest BCUT2D eigenvalue weighted by molar-refractivity contribution is -0.0976. The number of hydrogen-bond donors (Lipinski definition) is 0. The van der Waals surface area contributed by atoms with Gasteiger partial charge in [-0.05, 0) is 55.8 Å². The molecule has 1 aromatic rings. The summed E-state index contributed by atoms with van der Waals surface area (Å²) in [4.78, 5) is 5.23. The molecule has 128 valence electrons. The molecular weight excluding hydrogens is 298 g/mol. The zero-order valence-corrected chi connectivity index (χ0v) is 14.4. The minimum absolute atomic E-state index is 0.558. The van der Waals surface area contributed by atoms with Gasteiger partial charge in [0.05, 0.1) is 24.8 Å². The molecule has 2 saturated heterocycles. The maximum absolute atomic E-state index is 9.27. The maximum Gasteiger partial charge on any atom is 0.0995 e. The number of likely N-dealkylation sites (tertiary alicyclic amines) is 1. The Labute approximate surface area is 145 Å². The summed E-state index contributed by atoms with van der Waals surface area (Å²) >= 11 is 0. The van der Waals surface area contributed by atoms with Gasteiger partial charge in [0, 0.05) is 25.7 Å². The lowest BCUT2D eigenvalue weighted by Crippen LogP contribution is -2.61. The molecule has 1 aromatic carbocycles. The Hall–Kier alpha value is -1.41. The number of nitriles is 1. The summed E-state index contributed by atoms with van der Waals surface area (Å²) in [5.74, 6) is 0. The molecule has 2 heterocycles. The van der Waals surface area contributed by atoms with Gasteiger partial charge in [-0.25, -0.2) is 0 Å². The minimum Gasteiger partial charge on any atom is -0.379 e. The van der Waals surface area contributed by atoms with E-state index in [-0.39, 0.29) is 0 Å². The highest BCUT2D eigenvalue weighted by atomic mass is 16.5. The number of piperidine rings is 1. The van der Waals surface area contributed by atoms with Gasteiger partial charge in [-0.1, -0.05) is 18.2 Å². The van der Waals surface area contributed by atoms with E-state index in [2.05, 4.69) is 21.9 Å². The van der Waals surface area contributed by atoms with E-state index in [1.165, 1.54) is 44.3 Å². The van der Waals surface area contributed by atoms with Crippen LogP contribution < -0.4 is 0 Å². The third kappa shape index (κ3) is 2.97. The number of ether oxygens (including phenoxy) is 1. The fraction of sp³-hybridized carbons (Fsp3) is 0.650. The molecule has 2 aliphatic heterocycles. The van der Waals surface area contributed by atoms with Crippen LogP contribution in [0.4, 0.5) is 0 Å². The first kappa shape index (κ1) is 16.1. The van der Waals surface area contributed by atoms with E-state index in [4.69, 9.17) is 4.74 Å². The van der Waals surface area contributed by atoms with Crippen LogP contribution in [-0.2, 0) is 11.3 Å². The predicted molar refractivity (Wildman–Crippen MR) is 93.5 cm³/mol. The Morgan fingerprint density at radius 3 is 2.50 bits per heavy atom. The van der Waals surface area contributed by atoms with Crippen LogP contribution in [0.1, 0.15) is 36.8 Å². The van der Waals surface area contributed by atoms with Crippen LogP contribution in [0, 0.1) is 16.7 Å². The van der Waals surface area contributed by atoms with E-state index in [1.807, 2.05) is 18.2 Å². The van der Waals surface area contributed by atoms with Crippen molar-refractivity contribution in [2.24, 2.45) is 5.41 Å². The first-order chi connectivity index (χ1) is 11.8. The van der Waals surface area contributed by atoms with E-state index >= 15 is 0 Å². The molecule has 0 radical (unpaired) electrons. The summed E-state index contributed by atoms with van der Waals surface area (Å²) in [5, 5.41) is 9.27. The van der Waals surface area contributed by atoms with Crippen LogP contribution in [-0.4, -0.2) is 55.2 Å². The SMILES string of the molecule is N#Cc1ccccc1CN1CCC2(CCC2N2CCOCC2)CC1. The van der Waals surface area contributed by atoms with Gasteiger partial charge >= 0.3 is 0 Å². The summed E-state index contributed by atoms with van der Waals surface area (Å²) in [7, 11) is 0. The molecule has 1 aliphatic carbocycles. The number of benzene rings is 1. The molecule has 1 spiro atoms. The van der Waals surface area contributed by atoms with E-state index < -0.39 is 0 Å². The van der Waals surface area contributed by atoms with Crippen molar-refractivity contribution < 1.29 is 4.74 Å². The third-order valence-corrected chi connectivity index (χ3v) is 6.49. The molecule has 0 bridgehead atoms. The molecule has 1 atom stereocenters. The number of nitrogens with zero attached hydrogens (tertiary/aromatic N) is 3. The van der Waals surface area contributed by atoms with Crippen LogP contribution in [0.25, 0.3) is 0 Å².